The number of nitrogens with zero attached hydrogens (tertiary/aromatic N) is 1. The molecule has 0 unspecified atom stereocenters. The van der Waals surface area contributed by atoms with Crippen LogP contribution in [-0.2, 0) is 16.6 Å². The summed E-state index contributed by atoms with van der Waals surface area (Å²) in [6.45, 7) is 11.7. The van der Waals surface area contributed by atoms with Crippen molar-refractivity contribution in [2.24, 2.45) is 5.92 Å². The van der Waals surface area contributed by atoms with E-state index in [9.17, 15) is 18.3 Å². The molecule has 0 saturated heterocycles. The second-order valence-corrected chi connectivity index (χ2v) is 10.7. The van der Waals surface area contributed by atoms with Gasteiger partial charge in [-0.1, -0.05) is 19.9 Å². The number of ether oxygens (including phenoxy) is 1. The van der Waals surface area contributed by atoms with Crippen LogP contribution in [0.15, 0.2) is 52.0 Å². The molecule has 0 aliphatic carbocycles. The van der Waals surface area contributed by atoms with Crippen LogP contribution in [0.2, 0.25) is 0 Å². The second kappa shape index (κ2) is 11.6. The summed E-state index contributed by atoms with van der Waals surface area (Å²) < 4.78 is 40.1. The topological polar surface area (TPSA) is 97.0 Å². The van der Waals surface area contributed by atoms with E-state index in [1.807, 2.05) is 46.8 Å². The molecule has 0 radical (unpaired) electrons. The number of hydrogen-bond acceptors (Lipinski definition) is 5. The van der Waals surface area contributed by atoms with Crippen molar-refractivity contribution in [2.45, 2.75) is 53.2 Å². The van der Waals surface area contributed by atoms with Crippen LogP contribution >= 0.6 is 0 Å². The van der Waals surface area contributed by atoms with Crippen LogP contribution in [-0.4, -0.2) is 26.0 Å². The van der Waals surface area contributed by atoms with Gasteiger partial charge in [0.25, 0.3) is 10.0 Å². The van der Waals surface area contributed by atoms with Gasteiger partial charge in [-0.2, -0.15) is 8.42 Å². The molecule has 0 spiro atoms. The Balaban J connectivity index is 0.00000324. The Bertz CT molecular complexity index is 1320. The standard InChI is InChI=1S/C26H31NO6S.Na.H/c1-16(2)14-27(34(30,31)25-10-7-20(6)33-25)23-12-17(3)18(4)13-24(23)32-15-22-9-8-21(26(28)29)11-19(22)5;;/h7-13,16H,14-15H2,1-6H3,(H,28,29);;/q;+1;-1. The van der Waals surface area contributed by atoms with Crippen molar-refractivity contribution in [3.63, 3.8) is 0 Å². The Labute approximate surface area is 230 Å². The van der Waals surface area contributed by atoms with Gasteiger partial charge < -0.3 is 15.7 Å². The average molecular weight is 510 g/mol. The molecule has 2 aromatic carbocycles. The number of hydrogen-bond donors (Lipinski definition) is 1. The van der Waals surface area contributed by atoms with Gasteiger partial charge in [0.1, 0.15) is 18.1 Å². The predicted molar refractivity (Wildman–Crippen MR) is 132 cm³/mol. The van der Waals surface area contributed by atoms with Crippen molar-refractivity contribution in [1.82, 2.24) is 0 Å². The van der Waals surface area contributed by atoms with E-state index in [0.29, 0.717) is 17.2 Å². The maximum absolute atomic E-state index is 13.6. The Morgan fingerprint density at radius 1 is 1.03 bits per heavy atom. The number of sulfonamides is 1. The molecule has 1 aromatic heterocycles. The van der Waals surface area contributed by atoms with Gasteiger partial charge in [0, 0.05) is 6.54 Å². The first kappa shape index (κ1) is 29.0. The van der Waals surface area contributed by atoms with E-state index in [4.69, 9.17) is 9.15 Å². The molecule has 35 heavy (non-hydrogen) atoms. The summed E-state index contributed by atoms with van der Waals surface area (Å²) in [6.07, 6.45) is 0. The van der Waals surface area contributed by atoms with Crippen LogP contribution in [0.4, 0.5) is 5.69 Å². The summed E-state index contributed by atoms with van der Waals surface area (Å²) in [5.41, 5.74) is 4.13. The number of aromatic carboxylic acids is 1. The molecule has 0 atom stereocenters. The van der Waals surface area contributed by atoms with Crippen molar-refractivity contribution in [1.29, 1.82) is 0 Å². The maximum Gasteiger partial charge on any atom is 1.00 e. The first-order valence-corrected chi connectivity index (χ1v) is 12.5. The molecule has 3 rings (SSSR count). The molecular formula is C26H32NNaO6S. The molecule has 3 aromatic rings. The largest absolute Gasteiger partial charge is 1.00 e. The molecule has 0 amide bonds. The molecule has 0 aliphatic rings. The van der Waals surface area contributed by atoms with E-state index in [-0.39, 0.29) is 60.7 Å². The minimum Gasteiger partial charge on any atom is -1.00 e. The number of benzene rings is 2. The SMILES string of the molecule is Cc1ccc(S(=O)(=O)N(CC(C)C)c2cc(C)c(C)cc2OCc2ccc(C(=O)O)cc2C)o1.[H-].[Na+]. The van der Waals surface area contributed by atoms with Crippen molar-refractivity contribution >= 4 is 21.7 Å². The molecule has 0 saturated carbocycles. The summed E-state index contributed by atoms with van der Waals surface area (Å²) in [6, 6.07) is 11.6. The van der Waals surface area contributed by atoms with Crippen LogP contribution < -0.4 is 38.6 Å². The molecule has 7 nitrogen and oxygen atoms in total. The van der Waals surface area contributed by atoms with E-state index in [1.54, 1.807) is 25.1 Å². The molecule has 9 heteroatoms. The maximum atomic E-state index is 13.6. The number of aryl methyl sites for hydroxylation is 4. The third kappa shape index (κ3) is 6.70. The van der Waals surface area contributed by atoms with Gasteiger partial charge in [-0.15, -0.1) is 0 Å². The quantitative estimate of drug-likeness (QED) is 0.446. The van der Waals surface area contributed by atoms with Gasteiger partial charge in [-0.25, -0.2) is 4.79 Å². The third-order valence-corrected chi connectivity index (χ3v) is 7.26. The molecule has 1 N–H and O–H groups in total. The fourth-order valence-corrected chi connectivity index (χ4v) is 5.14. The van der Waals surface area contributed by atoms with E-state index in [1.165, 1.54) is 16.4 Å². The minimum atomic E-state index is -3.97. The fraction of sp³-hybridized carbons (Fsp3) is 0.346. The number of carboxylic acid groups (broad SMARTS) is 1. The van der Waals surface area contributed by atoms with Gasteiger partial charge in [0.2, 0.25) is 5.09 Å². The predicted octanol–water partition coefficient (Wildman–Crippen LogP) is 2.76. The molecule has 184 valence electrons. The number of rotatable bonds is 9. The van der Waals surface area contributed by atoms with Gasteiger partial charge in [0.05, 0.1) is 11.3 Å². The van der Waals surface area contributed by atoms with E-state index in [2.05, 4.69) is 0 Å². The third-order valence-electron chi connectivity index (χ3n) is 5.61. The van der Waals surface area contributed by atoms with Crippen molar-refractivity contribution in [2.75, 3.05) is 10.8 Å². The van der Waals surface area contributed by atoms with Gasteiger partial charge in [-0.05, 0) is 92.3 Å². The molecule has 0 bridgehead atoms. The van der Waals surface area contributed by atoms with Crippen molar-refractivity contribution in [3.8, 4) is 5.75 Å². The first-order valence-electron chi connectivity index (χ1n) is 11.1. The fourth-order valence-electron chi connectivity index (χ4n) is 3.55. The van der Waals surface area contributed by atoms with Gasteiger partial charge >= 0.3 is 35.5 Å². The van der Waals surface area contributed by atoms with E-state index < -0.39 is 16.0 Å². The number of anilines is 1. The normalized spacial score (nSPS) is 11.3. The summed E-state index contributed by atoms with van der Waals surface area (Å²) in [5.74, 6) is -0.00181. The van der Waals surface area contributed by atoms with E-state index in [0.717, 1.165) is 22.3 Å². The van der Waals surface area contributed by atoms with Gasteiger partial charge in [0.15, 0.2) is 0 Å². The van der Waals surface area contributed by atoms with Crippen LogP contribution in [0.3, 0.4) is 0 Å². The van der Waals surface area contributed by atoms with Crippen LogP contribution in [0, 0.1) is 33.6 Å². The van der Waals surface area contributed by atoms with Crippen LogP contribution in [0.1, 0.15) is 53.6 Å². The monoisotopic (exact) mass is 509 g/mol. The van der Waals surface area contributed by atoms with Gasteiger partial charge in [-0.3, -0.25) is 4.31 Å². The smallest absolute Gasteiger partial charge is 1.00 e. The second-order valence-electron chi connectivity index (χ2n) is 8.93. The number of carbonyl (C=O) groups is 1. The van der Waals surface area contributed by atoms with Crippen molar-refractivity contribution < 1.29 is 58.5 Å². The number of furan rings is 1. The summed E-state index contributed by atoms with van der Waals surface area (Å²) in [7, 11) is -3.97. The van der Waals surface area contributed by atoms with Crippen molar-refractivity contribution in [3.05, 3.63) is 76.0 Å². The Hall–Kier alpha value is -2.26. The molecule has 0 aliphatic heterocycles. The number of carboxylic acids is 1. The molecular weight excluding hydrogens is 477 g/mol. The zero-order valence-electron chi connectivity index (χ0n) is 22.4. The summed E-state index contributed by atoms with van der Waals surface area (Å²) in [5, 5.41) is 9.09. The Morgan fingerprint density at radius 3 is 2.23 bits per heavy atom. The summed E-state index contributed by atoms with van der Waals surface area (Å²) in [4.78, 5) is 11.2. The zero-order valence-corrected chi connectivity index (χ0v) is 24.2. The van der Waals surface area contributed by atoms with E-state index >= 15 is 0 Å². The Kier molecular flexibility index (Phi) is 9.64. The molecule has 0 fully saturated rings. The summed E-state index contributed by atoms with van der Waals surface area (Å²) >= 11 is 0. The van der Waals surface area contributed by atoms with Crippen LogP contribution in [0.5, 0.6) is 5.75 Å². The zero-order chi connectivity index (χ0) is 25.2. The minimum absolute atomic E-state index is 0. The molecule has 1 heterocycles. The first-order chi connectivity index (χ1) is 15.9. The Morgan fingerprint density at radius 2 is 1.69 bits per heavy atom. The average Bonchev–Trinajstić information content (AvgIpc) is 3.20. The van der Waals surface area contributed by atoms with Crippen LogP contribution in [0.25, 0.3) is 0 Å².